The van der Waals surface area contributed by atoms with Gasteiger partial charge in [0.2, 0.25) is 0 Å². The summed E-state index contributed by atoms with van der Waals surface area (Å²) in [5, 5.41) is 3.24. The van der Waals surface area contributed by atoms with Gasteiger partial charge in [0.05, 0.1) is 12.4 Å². The van der Waals surface area contributed by atoms with Gasteiger partial charge < -0.3 is 9.88 Å². The Morgan fingerprint density at radius 2 is 2.21 bits per heavy atom. The third kappa shape index (κ3) is 3.38. The summed E-state index contributed by atoms with van der Waals surface area (Å²) in [5.74, 6) is -1.59. The first kappa shape index (κ1) is 13.7. The van der Waals surface area contributed by atoms with Crippen molar-refractivity contribution in [2.24, 2.45) is 0 Å². The van der Waals surface area contributed by atoms with Crippen molar-refractivity contribution in [3.05, 3.63) is 54.1 Å². The summed E-state index contributed by atoms with van der Waals surface area (Å²) in [6.07, 6.45) is 6.06. The van der Waals surface area contributed by atoms with Gasteiger partial charge in [0.15, 0.2) is 11.6 Å². The maximum Gasteiger partial charge on any atom is 0.163 e. The Kier molecular flexibility index (Phi) is 4.63. The van der Waals surface area contributed by atoms with Gasteiger partial charge in [0, 0.05) is 24.5 Å². The molecule has 2 aromatic rings. The maximum absolute atomic E-state index is 13.9. The van der Waals surface area contributed by atoms with E-state index in [9.17, 15) is 8.78 Å². The standard InChI is InChI=1S/C14H17F2N3/c1-2-6-18-13(9-19-8-7-17-10-19)11-4-3-5-12(15)14(11)16/h3-5,7-8,10,13,18H,2,6,9H2,1H3. The minimum Gasteiger partial charge on any atom is -0.336 e. The number of hydrogen-bond acceptors (Lipinski definition) is 2. The van der Waals surface area contributed by atoms with E-state index in [2.05, 4.69) is 10.3 Å². The minimum absolute atomic E-state index is 0.273. The normalized spacial score (nSPS) is 12.6. The maximum atomic E-state index is 13.9. The number of rotatable bonds is 6. The number of halogens is 2. The molecule has 1 aromatic heterocycles. The first-order chi connectivity index (χ1) is 9.22. The van der Waals surface area contributed by atoms with Gasteiger partial charge in [-0.1, -0.05) is 19.1 Å². The second-order valence-electron chi connectivity index (χ2n) is 4.41. The molecule has 19 heavy (non-hydrogen) atoms. The molecule has 1 atom stereocenters. The molecule has 0 aliphatic heterocycles. The number of nitrogens with one attached hydrogen (secondary N) is 1. The van der Waals surface area contributed by atoms with E-state index in [4.69, 9.17) is 0 Å². The Balaban J connectivity index is 2.23. The molecule has 0 saturated carbocycles. The van der Waals surface area contributed by atoms with Crippen molar-refractivity contribution < 1.29 is 8.78 Å². The molecule has 0 aliphatic carbocycles. The lowest BCUT2D eigenvalue weighted by molar-refractivity contribution is 0.426. The zero-order chi connectivity index (χ0) is 13.7. The third-order valence-electron chi connectivity index (χ3n) is 2.95. The molecule has 5 heteroatoms. The minimum atomic E-state index is -0.813. The number of imidazole rings is 1. The molecule has 0 aliphatic rings. The molecule has 0 amide bonds. The Bertz CT molecular complexity index is 511. The summed E-state index contributed by atoms with van der Waals surface area (Å²) in [6, 6.07) is 4.00. The first-order valence-corrected chi connectivity index (χ1v) is 6.35. The van der Waals surface area contributed by atoms with Crippen LogP contribution in [0, 0.1) is 11.6 Å². The number of benzene rings is 1. The molecule has 1 heterocycles. The van der Waals surface area contributed by atoms with Crippen molar-refractivity contribution >= 4 is 0 Å². The fourth-order valence-electron chi connectivity index (χ4n) is 1.99. The molecule has 2 rings (SSSR count). The highest BCUT2D eigenvalue weighted by atomic mass is 19.2. The van der Waals surface area contributed by atoms with Crippen molar-refractivity contribution in [1.29, 1.82) is 0 Å². The molecule has 0 fully saturated rings. The van der Waals surface area contributed by atoms with Crippen molar-refractivity contribution in [2.75, 3.05) is 6.54 Å². The highest BCUT2D eigenvalue weighted by Gasteiger charge is 2.17. The monoisotopic (exact) mass is 265 g/mol. The summed E-state index contributed by atoms with van der Waals surface area (Å²) in [4.78, 5) is 3.96. The van der Waals surface area contributed by atoms with Crippen LogP contribution in [0.5, 0.6) is 0 Å². The van der Waals surface area contributed by atoms with Crippen molar-refractivity contribution in [2.45, 2.75) is 25.9 Å². The molecule has 102 valence electrons. The van der Waals surface area contributed by atoms with Crippen molar-refractivity contribution in [3.63, 3.8) is 0 Å². The van der Waals surface area contributed by atoms with E-state index in [1.54, 1.807) is 24.8 Å². The summed E-state index contributed by atoms with van der Waals surface area (Å²) in [5.41, 5.74) is 0.349. The van der Waals surface area contributed by atoms with Gasteiger partial charge in [-0.2, -0.15) is 0 Å². The Morgan fingerprint density at radius 3 is 2.89 bits per heavy atom. The largest absolute Gasteiger partial charge is 0.336 e. The van der Waals surface area contributed by atoms with Gasteiger partial charge in [0.25, 0.3) is 0 Å². The number of nitrogens with zero attached hydrogens (tertiary/aromatic N) is 2. The van der Waals surface area contributed by atoms with Crippen molar-refractivity contribution in [1.82, 2.24) is 14.9 Å². The van der Waals surface area contributed by atoms with Gasteiger partial charge in [-0.05, 0) is 19.0 Å². The smallest absolute Gasteiger partial charge is 0.163 e. The van der Waals surface area contributed by atoms with E-state index >= 15 is 0 Å². The lowest BCUT2D eigenvalue weighted by Gasteiger charge is -2.20. The Hall–Kier alpha value is -1.75. The van der Waals surface area contributed by atoms with Crippen LogP contribution in [-0.2, 0) is 6.54 Å². The SMILES string of the molecule is CCCNC(Cn1ccnc1)c1cccc(F)c1F. The van der Waals surface area contributed by atoms with Gasteiger partial charge in [-0.15, -0.1) is 0 Å². The highest BCUT2D eigenvalue weighted by molar-refractivity contribution is 5.22. The van der Waals surface area contributed by atoms with Gasteiger partial charge in [0.1, 0.15) is 0 Å². The van der Waals surface area contributed by atoms with Crippen LogP contribution in [0.2, 0.25) is 0 Å². The van der Waals surface area contributed by atoms with Crippen LogP contribution in [0.4, 0.5) is 8.78 Å². The Morgan fingerprint density at radius 1 is 1.37 bits per heavy atom. The zero-order valence-electron chi connectivity index (χ0n) is 10.8. The fourth-order valence-corrected chi connectivity index (χ4v) is 1.99. The fraction of sp³-hybridized carbons (Fsp3) is 0.357. The van der Waals surface area contributed by atoms with Crippen LogP contribution in [-0.4, -0.2) is 16.1 Å². The molecule has 3 nitrogen and oxygen atoms in total. The lowest BCUT2D eigenvalue weighted by Crippen LogP contribution is -2.27. The molecular weight excluding hydrogens is 248 g/mol. The van der Waals surface area contributed by atoms with Crippen LogP contribution in [0.3, 0.4) is 0 Å². The van der Waals surface area contributed by atoms with E-state index in [1.807, 2.05) is 11.5 Å². The van der Waals surface area contributed by atoms with Gasteiger partial charge in [-0.3, -0.25) is 0 Å². The van der Waals surface area contributed by atoms with Crippen LogP contribution < -0.4 is 5.32 Å². The molecule has 1 N–H and O–H groups in total. The highest BCUT2D eigenvalue weighted by Crippen LogP contribution is 2.21. The zero-order valence-corrected chi connectivity index (χ0v) is 10.8. The van der Waals surface area contributed by atoms with Gasteiger partial charge in [-0.25, -0.2) is 13.8 Å². The Labute approximate surface area is 111 Å². The molecule has 0 saturated heterocycles. The van der Waals surface area contributed by atoms with Crippen LogP contribution in [0.15, 0.2) is 36.9 Å². The predicted molar refractivity (Wildman–Crippen MR) is 69.6 cm³/mol. The summed E-state index contributed by atoms with van der Waals surface area (Å²) in [6.45, 7) is 3.29. The van der Waals surface area contributed by atoms with E-state index in [-0.39, 0.29) is 6.04 Å². The molecular formula is C14H17F2N3. The third-order valence-corrected chi connectivity index (χ3v) is 2.95. The van der Waals surface area contributed by atoms with Crippen LogP contribution >= 0.6 is 0 Å². The quantitative estimate of drug-likeness (QED) is 0.870. The van der Waals surface area contributed by atoms with Crippen LogP contribution in [0.25, 0.3) is 0 Å². The predicted octanol–water partition coefficient (Wildman–Crippen LogP) is 2.90. The summed E-state index contributed by atoms with van der Waals surface area (Å²) >= 11 is 0. The van der Waals surface area contributed by atoms with Gasteiger partial charge >= 0.3 is 0 Å². The van der Waals surface area contributed by atoms with Crippen LogP contribution in [0.1, 0.15) is 24.9 Å². The second-order valence-corrected chi connectivity index (χ2v) is 4.41. The average Bonchev–Trinajstić information content (AvgIpc) is 2.91. The van der Waals surface area contributed by atoms with E-state index in [0.29, 0.717) is 12.1 Å². The molecule has 1 unspecified atom stereocenters. The van der Waals surface area contributed by atoms with E-state index < -0.39 is 11.6 Å². The topological polar surface area (TPSA) is 29.9 Å². The lowest BCUT2D eigenvalue weighted by atomic mass is 10.1. The number of aromatic nitrogens is 2. The summed E-state index contributed by atoms with van der Waals surface area (Å²) < 4.78 is 29.0. The first-order valence-electron chi connectivity index (χ1n) is 6.35. The molecule has 1 aromatic carbocycles. The second kappa shape index (κ2) is 6.43. The molecule has 0 radical (unpaired) electrons. The molecule has 0 spiro atoms. The molecule has 0 bridgehead atoms. The van der Waals surface area contributed by atoms with E-state index in [0.717, 1.165) is 19.0 Å². The van der Waals surface area contributed by atoms with E-state index in [1.165, 1.54) is 6.07 Å². The number of hydrogen-bond donors (Lipinski definition) is 1. The summed E-state index contributed by atoms with van der Waals surface area (Å²) in [7, 11) is 0. The average molecular weight is 265 g/mol. The van der Waals surface area contributed by atoms with Crippen molar-refractivity contribution in [3.8, 4) is 0 Å².